The predicted molar refractivity (Wildman–Crippen MR) is 131 cm³/mol. The SMILES string of the molecule is CCc1ccccc1NC(=S)N(Cc1ccco1)Cc1cc2ccc(OC)cc2[nH]c1=O. The Kier molecular flexibility index (Phi) is 6.56. The first kappa shape index (κ1) is 21.6. The quantitative estimate of drug-likeness (QED) is 0.385. The van der Waals surface area contributed by atoms with E-state index in [1.807, 2.05) is 59.5 Å². The lowest BCUT2D eigenvalue weighted by Gasteiger charge is -2.25. The smallest absolute Gasteiger partial charge is 0.253 e. The van der Waals surface area contributed by atoms with Crippen molar-refractivity contribution in [2.45, 2.75) is 26.4 Å². The van der Waals surface area contributed by atoms with Crippen LogP contribution in [0.4, 0.5) is 5.69 Å². The van der Waals surface area contributed by atoms with Crippen molar-refractivity contribution in [3.8, 4) is 5.75 Å². The van der Waals surface area contributed by atoms with Gasteiger partial charge in [0.25, 0.3) is 5.56 Å². The normalized spacial score (nSPS) is 10.8. The van der Waals surface area contributed by atoms with Crippen LogP contribution in [0.15, 0.2) is 76.1 Å². The summed E-state index contributed by atoms with van der Waals surface area (Å²) in [4.78, 5) is 17.7. The summed E-state index contributed by atoms with van der Waals surface area (Å²) in [5.41, 5.74) is 3.32. The Morgan fingerprint density at radius 3 is 2.69 bits per heavy atom. The minimum absolute atomic E-state index is 0.160. The molecule has 4 rings (SSSR count). The molecule has 2 heterocycles. The van der Waals surface area contributed by atoms with Crippen LogP contribution in [0.3, 0.4) is 0 Å². The number of aromatic amines is 1. The molecule has 4 aromatic rings. The van der Waals surface area contributed by atoms with Gasteiger partial charge in [-0.05, 0) is 66.0 Å². The van der Waals surface area contributed by atoms with E-state index in [4.69, 9.17) is 21.4 Å². The molecule has 2 N–H and O–H groups in total. The van der Waals surface area contributed by atoms with Crippen molar-refractivity contribution in [2.75, 3.05) is 12.4 Å². The number of hydrogen-bond acceptors (Lipinski definition) is 4. The van der Waals surface area contributed by atoms with E-state index in [9.17, 15) is 4.79 Å². The first-order valence-electron chi connectivity index (χ1n) is 10.4. The van der Waals surface area contributed by atoms with Gasteiger partial charge in [-0.3, -0.25) is 4.79 Å². The van der Waals surface area contributed by atoms with Crippen molar-refractivity contribution in [1.82, 2.24) is 9.88 Å². The average molecular weight is 448 g/mol. The second-order valence-corrected chi connectivity index (χ2v) is 7.84. The molecule has 0 aliphatic carbocycles. The zero-order valence-electron chi connectivity index (χ0n) is 18.1. The van der Waals surface area contributed by atoms with Gasteiger partial charge in [-0.1, -0.05) is 25.1 Å². The third-order valence-electron chi connectivity index (χ3n) is 5.35. The Morgan fingerprint density at radius 1 is 1.09 bits per heavy atom. The van der Waals surface area contributed by atoms with Gasteiger partial charge in [0.15, 0.2) is 5.11 Å². The third kappa shape index (κ3) is 4.84. The maximum Gasteiger partial charge on any atom is 0.253 e. The molecule has 0 atom stereocenters. The molecule has 6 nitrogen and oxygen atoms in total. The maximum absolute atomic E-state index is 12.8. The molecule has 164 valence electrons. The Labute approximate surface area is 191 Å². The lowest BCUT2D eigenvalue weighted by Crippen LogP contribution is -2.35. The molecule has 0 radical (unpaired) electrons. The number of ether oxygens (including phenoxy) is 1. The number of benzene rings is 2. The molecular weight excluding hydrogens is 422 g/mol. The number of nitrogens with one attached hydrogen (secondary N) is 2. The van der Waals surface area contributed by atoms with E-state index in [0.717, 1.165) is 28.8 Å². The number of furan rings is 1. The highest BCUT2D eigenvalue weighted by atomic mass is 32.1. The second-order valence-electron chi connectivity index (χ2n) is 7.45. The molecule has 2 aromatic heterocycles. The van der Waals surface area contributed by atoms with E-state index >= 15 is 0 Å². The summed E-state index contributed by atoms with van der Waals surface area (Å²) in [5.74, 6) is 1.46. The van der Waals surface area contributed by atoms with Crippen LogP contribution in [0.1, 0.15) is 23.8 Å². The zero-order chi connectivity index (χ0) is 22.5. The lowest BCUT2D eigenvalue weighted by atomic mass is 10.1. The van der Waals surface area contributed by atoms with Crippen molar-refractivity contribution in [1.29, 1.82) is 0 Å². The molecule has 0 bridgehead atoms. The number of pyridine rings is 1. The minimum Gasteiger partial charge on any atom is -0.497 e. The van der Waals surface area contributed by atoms with Crippen molar-refractivity contribution < 1.29 is 9.15 Å². The topological polar surface area (TPSA) is 70.5 Å². The number of aryl methyl sites for hydroxylation is 1. The summed E-state index contributed by atoms with van der Waals surface area (Å²) in [7, 11) is 1.60. The van der Waals surface area contributed by atoms with E-state index in [-0.39, 0.29) is 5.56 Å². The number of thiocarbonyl (C=S) groups is 1. The Hall–Kier alpha value is -3.58. The van der Waals surface area contributed by atoms with Crippen LogP contribution in [0.2, 0.25) is 0 Å². The van der Waals surface area contributed by atoms with Crippen LogP contribution in [-0.2, 0) is 19.5 Å². The average Bonchev–Trinajstić information content (AvgIpc) is 3.32. The largest absolute Gasteiger partial charge is 0.497 e. The first-order valence-corrected chi connectivity index (χ1v) is 10.8. The second kappa shape index (κ2) is 9.70. The molecule has 0 fully saturated rings. The van der Waals surface area contributed by atoms with E-state index in [0.29, 0.717) is 29.5 Å². The number of hydrogen-bond donors (Lipinski definition) is 2. The standard InChI is InChI=1S/C25H25N3O3S/c1-3-17-7-4-5-9-22(17)27-25(32)28(16-21-8-6-12-31-21)15-19-13-18-10-11-20(30-2)14-23(18)26-24(19)29/h4-14H,3,15-16H2,1-2H3,(H,26,29)(H,27,32). The molecule has 0 unspecified atom stereocenters. The fourth-order valence-electron chi connectivity index (χ4n) is 3.61. The highest BCUT2D eigenvalue weighted by Crippen LogP contribution is 2.21. The van der Waals surface area contributed by atoms with Crippen molar-refractivity contribution in [3.63, 3.8) is 0 Å². The number of rotatable bonds is 7. The number of nitrogens with zero attached hydrogens (tertiary/aromatic N) is 1. The van der Waals surface area contributed by atoms with Gasteiger partial charge in [-0.15, -0.1) is 0 Å². The van der Waals surface area contributed by atoms with Crippen molar-refractivity contribution in [2.24, 2.45) is 0 Å². The summed E-state index contributed by atoms with van der Waals surface area (Å²) in [6.07, 6.45) is 2.52. The van der Waals surface area contributed by atoms with E-state index < -0.39 is 0 Å². The van der Waals surface area contributed by atoms with Crippen LogP contribution in [-0.4, -0.2) is 22.1 Å². The highest BCUT2D eigenvalue weighted by molar-refractivity contribution is 7.80. The lowest BCUT2D eigenvalue weighted by molar-refractivity contribution is 0.359. The van der Waals surface area contributed by atoms with Crippen molar-refractivity contribution in [3.05, 3.63) is 94.2 Å². The Balaban J connectivity index is 1.64. The maximum atomic E-state index is 12.8. The van der Waals surface area contributed by atoms with E-state index in [2.05, 4.69) is 23.3 Å². The van der Waals surface area contributed by atoms with Gasteiger partial charge >= 0.3 is 0 Å². The van der Waals surface area contributed by atoms with Gasteiger partial charge in [0.2, 0.25) is 0 Å². The fraction of sp³-hybridized carbons (Fsp3) is 0.200. The summed E-state index contributed by atoms with van der Waals surface area (Å²) in [6, 6.07) is 19.3. The monoisotopic (exact) mass is 447 g/mol. The molecular formula is C25H25N3O3S. The molecule has 0 aliphatic heterocycles. The van der Waals surface area contributed by atoms with Gasteiger partial charge in [0.05, 0.1) is 32.0 Å². The van der Waals surface area contributed by atoms with Gasteiger partial charge in [0, 0.05) is 17.3 Å². The summed E-state index contributed by atoms with van der Waals surface area (Å²) < 4.78 is 10.8. The van der Waals surface area contributed by atoms with Crippen molar-refractivity contribution >= 4 is 33.9 Å². The molecule has 0 spiro atoms. The van der Waals surface area contributed by atoms with E-state index in [1.54, 1.807) is 13.4 Å². The van der Waals surface area contributed by atoms with Gasteiger partial charge in [0.1, 0.15) is 11.5 Å². The Bertz CT molecular complexity index is 1280. The van der Waals surface area contributed by atoms with Crippen LogP contribution in [0.5, 0.6) is 5.75 Å². The highest BCUT2D eigenvalue weighted by Gasteiger charge is 2.16. The van der Waals surface area contributed by atoms with Crippen LogP contribution < -0.4 is 15.6 Å². The molecule has 7 heteroatoms. The first-order chi connectivity index (χ1) is 15.6. The zero-order valence-corrected chi connectivity index (χ0v) is 18.9. The minimum atomic E-state index is -0.160. The molecule has 0 saturated heterocycles. The number of para-hydroxylation sites is 1. The molecule has 0 saturated carbocycles. The number of fused-ring (bicyclic) bond motifs is 1. The van der Waals surface area contributed by atoms with Crippen LogP contribution >= 0.6 is 12.2 Å². The van der Waals surface area contributed by atoms with Gasteiger partial charge in [-0.25, -0.2) is 0 Å². The Morgan fingerprint density at radius 2 is 1.94 bits per heavy atom. The number of aromatic nitrogens is 1. The van der Waals surface area contributed by atoms with Gasteiger partial charge < -0.3 is 24.4 Å². The molecule has 0 amide bonds. The molecule has 32 heavy (non-hydrogen) atoms. The fourth-order valence-corrected chi connectivity index (χ4v) is 3.85. The molecule has 2 aromatic carbocycles. The number of anilines is 1. The summed E-state index contributed by atoms with van der Waals surface area (Å²) in [6.45, 7) is 2.87. The van der Waals surface area contributed by atoms with Crippen LogP contribution in [0, 0.1) is 0 Å². The number of H-pyrrole nitrogens is 1. The third-order valence-corrected chi connectivity index (χ3v) is 5.71. The molecule has 0 aliphatic rings. The van der Waals surface area contributed by atoms with E-state index in [1.165, 1.54) is 5.56 Å². The van der Waals surface area contributed by atoms with Crippen LogP contribution in [0.25, 0.3) is 10.9 Å². The summed E-state index contributed by atoms with van der Waals surface area (Å²) >= 11 is 5.75. The summed E-state index contributed by atoms with van der Waals surface area (Å²) in [5, 5.41) is 4.80. The number of methoxy groups -OCH3 is 1. The van der Waals surface area contributed by atoms with Gasteiger partial charge in [-0.2, -0.15) is 0 Å². The predicted octanol–water partition coefficient (Wildman–Crippen LogP) is 5.09.